The monoisotopic (exact) mass is 418 g/mol. The van der Waals surface area contributed by atoms with Crippen molar-refractivity contribution in [2.24, 2.45) is 0 Å². The van der Waals surface area contributed by atoms with E-state index in [-0.39, 0.29) is 19.2 Å². The van der Waals surface area contributed by atoms with Crippen molar-refractivity contribution in [3.8, 4) is 11.5 Å². The number of anilines is 1. The summed E-state index contributed by atoms with van der Waals surface area (Å²) in [6, 6.07) is 10.1. The molecular weight excluding hydrogens is 392 g/mol. The molecule has 1 aliphatic rings. The maximum absolute atomic E-state index is 12.9. The predicted octanol–water partition coefficient (Wildman–Crippen LogP) is 2.89. The van der Waals surface area contributed by atoms with Crippen LogP contribution >= 0.6 is 0 Å². The fourth-order valence-electron chi connectivity index (χ4n) is 3.50. The zero-order valence-electron chi connectivity index (χ0n) is 17.1. The first-order chi connectivity index (χ1) is 13.7. The second-order valence-electron chi connectivity index (χ2n) is 7.23. The molecule has 0 fully saturated rings. The van der Waals surface area contributed by atoms with Gasteiger partial charge in [-0.05, 0) is 61.2 Å². The molecule has 0 saturated carbocycles. The average Bonchev–Trinajstić information content (AvgIpc) is 3.09. The lowest BCUT2D eigenvalue weighted by Gasteiger charge is -2.30. The normalized spacial score (nSPS) is 13.8. The third-order valence-electron chi connectivity index (χ3n) is 4.69. The van der Waals surface area contributed by atoms with Crippen LogP contribution in [0.4, 0.5) is 5.69 Å². The summed E-state index contributed by atoms with van der Waals surface area (Å²) in [5, 5.41) is 2.85. The van der Waals surface area contributed by atoms with E-state index in [2.05, 4.69) is 5.32 Å². The van der Waals surface area contributed by atoms with Gasteiger partial charge in [0.05, 0.1) is 11.9 Å². The quantitative estimate of drug-likeness (QED) is 0.747. The molecule has 1 unspecified atom stereocenters. The summed E-state index contributed by atoms with van der Waals surface area (Å²) in [4.78, 5) is 12.9. The van der Waals surface area contributed by atoms with Crippen molar-refractivity contribution in [2.75, 3.05) is 17.4 Å². The Hall–Kier alpha value is -2.74. The number of hydrogen-bond donors (Lipinski definition) is 1. The predicted molar refractivity (Wildman–Crippen MR) is 112 cm³/mol. The molecule has 1 amide bonds. The summed E-state index contributed by atoms with van der Waals surface area (Å²) < 4.78 is 37.0. The van der Waals surface area contributed by atoms with Gasteiger partial charge in [0.25, 0.3) is 0 Å². The van der Waals surface area contributed by atoms with Crippen LogP contribution in [0.25, 0.3) is 0 Å². The molecule has 0 aliphatic carbocycles. The number of nitrogens with one attached hydrogen (secondary N) is 1. The number of hydrogen-bond acceptors (Lipinski definition) is 5. The van der Waals surface area contributed by atoms with Crippen molar-refractivity contribution >= 4 is 21.6 Å². The number of rotatable bonds is 7. The lowest BCUT2D eigenvalue weighted by atomic mass is 10.1. The molecule has 3 rings (SSSR count). The van der Waals surface area contributed by atoms with Crippen LogP contribution in [-0.2, 0) is 21.4 Å². The molecule has 156 valence electrons. The number of carbonyl (C=O) groups is 1. The maximum atomic E-state index is 12.9. The molecule has 7 nitrogen and oxygen atoms in total. The van der Waals surface area contributed by atoms with Gasteiger partial charge in [-0.3, -0.25) is 9.10 Å². The fourth-order valence-corrected chi connectivity index (χ4v) is 4.69. The van der Waals surface area contributed by atoms with Crippen molar-refractivity contribution in [1.82, 2.24) is 5.32 Å². The topological polar surface area (TPSA) is 84.9 Å². The molecule has 0 radical (unpaired) electrons. The number of carbonyl (C=O) groups excluding carboxylic acids is 1. The van der Waals surface area contributed by atoms with Gasteiger partial charge in [-0.2, -0.15) is 0 Å². The van der Waals surface area contributed by atoms with E-state index in [9.17, 15) is 13.2 Å². The van der Waals surface area contributed by atoms with Gasteiger partial charge >= 0.3 is 0 Å². The Balaban J connectivity index is 1.81. The van der Waals surface area contributed by atoms with Gasteiger partial charge in [0.2, 0.25) is 22.7 Å². The SMILES string of the molecule is CCC(C(=O)NCc1ccc2c(c1)OCO2)N(c1cc(C)cc(C)c1)S(C)(=O)=O. The second kappa shape index (κ2) is 8.32. The average molecular weight is 419 g/mol. The number of fused-ring (bicyclic) bond motifs is 1. The molecule has 1 N–H and O–H groups in total. The van der Waals surface area contributed by atoms with Crippen LogP contribution in [-0.4, -0.2) is 33.4 Å². The van der Waals surface area contributed by atoms with E-state index in [4.69, 9.17) is 9.47 Å². The molecule has 2 aromatic rings. The zero-order valence-corrected chi connectivity index (χ0v) is 17.9. The van der Waals surface area contributed by atoms with Gasteiger partial charge in [-0.15, -0.1) is 0 Å². The first kappa shape index (κ1) is 21.0. The van der Waals surface area contributed by atoms with E-state index in [1.54, 1.807) is 25.1 Å². The Morgan fingerprint density at radius 3 is 2.38 bits per heavy atom. The van der Waals surface area contributed by atoms with Gasteiger partial charge in [0.1, 0.15) is 6.04 Å². The largest absolute Gasteiger partial charge is 0.454 e. The van der Waals surface area contributed by atoms with Gasteiger partial charge in [-0.25, -0.2) is 8.42 Å². The number of sulfonamides is 1. The molecular formula is C21H26N2O5S. The summed E-state index contributed by atoms with van der Waals surface area (Å²) in [5.74, 6) is 0.955. The Labute approximate surface area is 171 Å². The maximum Gasteiger partial charge on any atom is 0.244 e. The standard InChI is InChI=1S/C21H26N2O5S/c1-5-18(23(29(4,25)26)17-9-14(2)8-15(3)10-17)21(24)22-12-16-6-7-19-20(11-16)28-13-27-19/h6-11,18H,5,12-13H2,1-4H3,(H,22,24). The Bertz CT molecular complexity index is 999. The number of amides is 1. The van der Waals surface area contributed by atoms with Crippen LogP contribution in [0.3, 0.4) is 0 Å². The van der Waals surface area contributed by atoms with Crippen LogP contribution in [0.15, 0.2) is 36.4 Å². The molecule has 2 aromatic carbocycles. The molecule has 1 atom stereocenters. The Kier molecular flexibility index (Phi) is 6.02. The highest BCUT2D eigenvalue weighted by Gasteiger charge is 2.31. The highest BCUT2D eigenvalue weighted by atomic mass is 32.2. The number of nitrogens with zero attached hydrogens (tertiary/aromatic N) is 1. The van der Waals surface area contributed by atoms with E-state index < -0.39 is 16.1 Å². The zero-order chi connectivity index (χ0) is 21.2. The summed E-state index contributed by atoms with van der Waals surface area (Å²) in [6.07, 6.45) is 1.46. The molecule has 0 saturated heterocycles. The summed E-state index contributed by atoms with van der Waals surface area (Å²) in [7, 11) is -3.66. The highest BCUT2D eigenvalue weighted by molar-refractivity contribution is 7.92. The van der Waals surface area contributed by atoms with Gasteiger partial charge in [-0.1, -0.05) is 19.1 Å². The van der Waals surface area contributed by atoms with E-state index in [0.29, 0.717) is 23.6 Å². The molecule has 29 heavy (non-hydrogen) atoms. The van der Waals surface area contributed by atoms with Crippen LogP contribution in [0.1, 0.15) is 30.0 Å². The summed E-state index contributed by atoms with van der Waals surface area (Å²) in [5.41, 5.74) is 3.21. The molecule has 1 heterocycles. The molecule has 0 bridgehead atoms. The molecule has 0 spiro atoms. The second-order valence-corrected chi connectivity index (χ2v) is 9.09. The van der Waals surface area contributed by atoms with Crippen LogP contribution in [0.5, 0.6) is 11.5 Å². The van der Waals surface area contributed by atoms with Crippen LogP contribution in [0.2, 0.25) is 0 Å². The number of ether oxygens (including phenoxy) is 2. The summed E-state index contributed by atoms with van der Waals surface area (Å²) >= 11 is 0. The third kappa shape index (κ3) is 4.82. The van der Waals surface area contributed by atoms with Gasteiger partial charge < -0.3 is 14.8 Å². The van der Waals surface area contributed by atoms with Gasteiger partial charge in [0, 0.05) is 6.54 Å². The van der Waals surface area contributed by atoms with Crippen molar-refractivity contribution < 1.29 is 22.7 Å². The smallest absolute Gasteiger partial charge is 0.244 e. The minimum Gasteiger partial charge on any atom is -0.454 e. The van der Waals surface area contributed by atoms with Crippen molar-refractivity contribution in [1.29, 1.82) is 0 Å². The minimum atomic E-state index is -3.66. The minimum absolute atomic E-state index is 0.183. The van der Waals surface area contributed by atoms with Crippen molar-refractivity contribution in [2.45, 2.75) is 39.8 Å². The number of aryl methyl sites for hydroxylation is 2. The first-order valence-electron chi connectivity index (χ1n) is 9.43. The third-order valence-corrected chi connectivity index (χ3v) is 5.87. The van der Waals surface area contributed by atoms with Crippen molar-refractivity contribution in [3.05, 3.63) is 53.1 Å². The first-order valence-corrected chi connectivity index (χ1v) is 11.3. The summed E-state index contributed by atoms with van der Waals surface area (Å²) in [6.45, 7) is 6.04. The Morgan fingerprint density at radius 2 is 1.76 bits per heavy atom. The number of benzene rings is 2. The Morgan fingerprint density at radius 1 is 1.10 bits per heavy atom. The van der Waals surface area contributed by atoms with Gasteiger partial charge in [0.15, 0.2) is 11.5 Å². The molecule has 8 heteroatoms. The van der Waals surface area contributed by atoms with E-state index in [0.717, 1.165) is 22.9 Å². The molecule has 0 aromatic heterocycles. The van der Waals surface area contributed by atoms with Crippen molar-refractivity contribution in [3.63, 3.8) is 0 Å². The molecule has 1 aliphatic heterocycles. The fraction of sp³-hybridized carbons (Fsp3) is 0.381. The lowest BCUT2D eigenvalue weighted by Crippen LogP contribution is -2.49. The van der Waals surface area contributed by atoms with Crippen LogP contribution < -0.4 is 19.1 Å². The lowest BCUT2D eigenvalue weighted by molar-refractivity contribution is -0.122. The van der Waals surface area contributed by atoms with E-state index in [1.807, 2.05) is 32.0 Å². The highest BCUT2D eigenvalue weighted by Crippen LogP contribution is 2.32. The van der Waals surface area contributed by atoms with E-state index in [1.165, 1.54) is 4.31 Å². The van der Waals surface area contributed by atoms with Crippen LogP contribution in [0, 0.1) is 13.8 Å². The van der Waals surface area contributed by atoms with E-state index >= 15 is 0 Å².